The molecule has 3 aromatic rings. The molecule has 5 rings (SSSR count). The number of carbonyl (C=O) groups excluding carboxylic acids is 1. The number of thiocarbonyl (C=S) groups is 1. The molecule has 11 heteroatoms. The highest BCUT2D eigenvalue weighted by atomic mass is 79.9. The van der Waals surface area contributed by atoms with Gasteiger partial charge in [-0.2, -0.15) is 0 Å². The zero-order chi connectivity index (χ0) is 25.9. The summed E-state index contributed by atoms with van der Waals surface area (Å²) in [5.41, 5.74) is 2.23. The number of hydrogen-bond acceptors (Lipinski definition) is 7. The van der Waals surface area contributed by atoms with E-state index in [2.05, 4.69) is 26.1 Å². The van der Waals surface area contributed by atoms with Crippen LogP contribution in [0.15, 0.2) is 59.1 Å². The largest absolute Gasteiger partial charge is 0.378 e. The van der Waals surface area contributed by atoms with Gasteiger partial charge in [-0.05, 0) is 47.3 Å². The Kier molecular flexibility index (Phi) is 7.54. The number of morpholine rings is 1. The zero-order valence-electron chi connectivity index (χ0n) is 20.1. The van der Waals surface area contributed by atoms with Crippen LogP contribution in [0.3, 0.4) is 0 Å². The number of nitro groups is 1. The predicted octanol–water partition coefficient (Wildman–Crippen LogP) is 4.18. The van der Waals surface area contributed by atoms with Gasteiger partial charge in [0.05, 0.1) is 18.1 Å². The molecule has 0 saturated carbocycles. The Balaban J connectivity index is 1.24. The average molecular weight is 584 g/mol. The van der Waals surface area contributed by atoms with E-state index in [1.54, 1.807) is 18.2 Å². The van der Waals surface area contributed by atoms with Crippen LogP contribution in [0, 0.1) is 10.1 Å². The number of anilines is 2. The maximum absolute atomic E-state index is 13.1. The van der Waals surface area contributed by atoms with Gasteiger partial charge in [0, 0.05) is 61.1 Å². The number of nitrogens with zero attached hydrogens (tertiary/aromatic N) is 4. The zero-order valence-corrected chi connectivity index (χ0v) is 22.5. The Morgan fingerprint density at radius 1 is 0.946 bits per heavy atom. The molecule has 2 aliphatic heterocycles. The second-order valence-corrected chi connectivity index (χ2v) is 10.1. The van der Waals surface area contributed by atoms with Crippen LogP contribution < -0.4 is 15.1 Å². The summed E-state index contributed by atoms with van der Waals surface area (Å²) in [6.45, 7) is 4.97. The quantitative estimate of drug-likeness (QED) is 0.278. The van der Waals surface area contributed by atoms with Gasteiger partial charge in [0.15, 0.2) is 5.11 Å². The average Bonchev–Trinajstić information content (AvgIpc) is 2.93. The molecule has 0 radical (unpaired) electrons. The van der Waals surface area contributed by atoms with Crippen LogP contribution >= 0.6 is 28.1 Å². The minimum atomic E-state index is -0.331. The summed E-state index contributed by atoms with van der Waals surface area (Å²) in [4.78, 5) is 30.5. The van der Waals surface area contributed by atoms with E-state index >= 15 is 0 Å². The van der Waals surface area contributed by atoms with E-state index in [9.17, 15) is 14.9 Å². The highest BCUT2D eigenvalue weighted by Crippen LogP contribution is 2.33. The van der Waals surface area contributed by atoms with Crippen LogP contribution in [0.2, 0.25) is 0 Å². The van der Waals surface area contributed by atoms with E-state index in [0.717, 1.165) is 20.9 Å². The predicted molar refractivity (Wildman–Crippen MR) is 152 cm³/mol. The monoisotopic (exact) mass is 583 g/mol. The summed E-state index contributed by atoms with van der Waals surface area (Å²) in [5.74, 6) is -0.235. The fourth-order valence-corrected chi connectivity index (χ4v) is 5.57. The molecular weight excluding hydrogens is 558 g/mol. The molecule has 0 atom stereocenters. The van der Waals surface area contributed by atoms with E-state index in [0.29, 0.717) is 68.8 Å². The van der Waals surface area contributed by atoms with Crippen LogP contribution in [0.4, 0.5) is 17.1 Å². The summed E-state index contributed by atoms with van der Waals surface area (Å²) in [5, 5.41) is 16.7. The van der Waals surface area contributed by atoms with Crippen LogP contribution in [-0.2, 0) is 4.74 Å². The molecule has 0 unspecified atom stereocenters. The van der Waals surface area contributed by atoms with Crippen molar-refractivity contribution in [3.8, 4) is 0 Å². The minimum absolute atomic E-state index is 0.105. The van der Waals surface area contributed by atoms with Gasteiger partial charge < -0.3 is 19.4 Å². The molecule has 1 N–H and O–H groups in total. The standard InChI is InChI=1S/C26H26BrN5O4S/c27-22-6-2-3-19-20(22)4-1-5-21(19)25(33)28-26(37)31-11-9-29(10-12-31)18-7-8-23(32(34)35)24(17-18)30-13-15-36-16-14-30/h1-8,17H,9-16H2,(H,28,33,37). The van der Waals surface area contributed by atoms with Crippen molar-refractivity contribution in [2.24, 2.45) is 0 Å². The number of rotatable bonds is 4. The van der Waals surface area contributed by atoms with Crippen molar-refractivity contribution in [3.63, 3.8) is 0 Å². The lowest BCUT2D eigenvalue weighted by Gasteiger charge is -2.37. The molecule has 2 heterocycles. The number of ether oxygens (including phenoxy) is 1. The normalized spacial score (nSPS) is 16.1. The summed E-state index contributed by atoms with van der Waals surface area (Å²) in [6, 6.07) is 16.7. The summed E-state index contributed by atoms with van der Waals surface area (Å²) in [6.07, 6.45) is 0. The molecule has 9 nitrogen and oxygen atoms in total. The molecule has 2 fully saturated rings. The first-order valence-corrected chi connectivity index (χ1v) is 13.3. The second kappa shape index (κ2) is 11.0. The number of carbonyl (C=O) groups is 1. The van der Waals surface area contributed by atoms with Crippen molar-refractivity contribution < 1.29 is 14.5 Å². The number of amides is 1. The van der Waals surface area contributed by atoms with E-state index in [1.807, 2.05) is 46.2 Å². The Bertz CT molecular complexity index is 1360. The van der Waals surface area contributed by atoms with E-state index in [-0.39, 0.29) is 16.5 Å². The summed E-state index contributed by atoms with van der Waals surface area (Å²) >= 11 is 9.12. The van der Waals surface area contributed by atoms with Crippen molar-refractivity contribution in [2.45, 2.75) is 0 Å². The second-order valence-electron chi connectivity index (χ2n) is 8.90. The van der Waals surface area contributed by atoms with Crippen LogP contribution in [0.1, 0.15) is 10.4 Å². The van der Waals surface area contributed by atoms with Gasteiger partial charge in [0.25, 0.3) is 11.6 Å². The number of halogens is 1. The van der Waals surface area contributed by atoms with Gasteiger partial charge in [-0.3, -0.25) is 20.2 Å². The van der Waals surface area contributed by atoms with Crippen molar-refractivity contribution in [3.05, 3.63) is 74.7 Å². The van der Waals surface area contributed by atoms with E-state index in [1.165, 1.54) is 0 Å². The Labute approximate surface area is 228 Å². The van der Waals surface area contributed by atoms with Crippen LogP contribution in [0.5, 0.6) is 0 Å². The lowest BCUT2D eigenvalue weighted by atomic mass is 10.0. The minimum Gasteiger partial charge on any atom is -0.378 e. The van der Waals surface area contributed by atoms with Gasteiger partial charge in [0.2, 0.25) is 0 Å². The Morgan fingerprint density at radius 2 is 1.65 bits per heavy atom. The fraction of sp³-hybridized carbons (Fsp3) is 0.308. The van der Waals surface area contributed by atoms with Gasteiger partial charge in [-0.25, -0.2) is 0 Å². The smallest absolute Gasteiger partial charge is 0.292 e. The van der Waals surface area contributed by atoms with Crippen molar-refractivity contribution in [1.82, 2.24) is 10.2 Å². The first-order valence-electron chi connectivity index (χ1n) is 12.1. The maximum atomic E-state index is 13.1. The molecule has 0 bridgehead atoms. The molecule has 0 aromatic heterocycles. The molecule has 192 valence electrons. The highest BCUT2D eigenvalue weighted by molar-refractivity contribution is 9.10. The van der Waals surface area contributed by atoms with Gasteiger partial charge >= 0.3 is 0 Å². The third kappa shape index (κ3) is 5.39. The van der Waals surface area contributed by atoms with E-state index in [4.69, 9.17) is 17.0 Å². The molecule has 0 spiro atoms. The van der Waals surface area contributed by atoms with Crippen molar-refractivity contribution in [1.29, 1.82) is 0 Å². The summed E-state index contributed by atoms with van der Waals surface area (Å²) < 4.78 is 6.34. The summed E-state index contributed by atoms with van der Waals surface area (Å²) in [7, 11) is 0. The first kappa shape index (κ1) is 25.4. The number of nitrogens with one attached hydrogen (secondary N) is 1. The highest BCUT2D eigenvalue weighted by Gasteiger charge is 2.26. The van der Waals surface area contributed by atoms with Crippen LogP contribution in [0.25, 0.3) is 10.8 Å². The molecule has 37 heavy (non-hydrogen) atoms. The number of fused-ring (bicyclic) bond motifs is 1. The molecule has 0 aliphatic carbocycles. The van der Waals surface area contributed by atoms with Gasteiger partial charge in [-0.15, -0.1) is 0 Å². The maximum Gasteiger partial charge on any atom is 0.292 e. The molecular formula is C26H26BrN5O4S. The lowest BCUT2D eigenvalue weighted by Crippen LogP contribution is -2.52. The molecule has 3 aromatic carbocycles. The number of hydrogen-bond donors (Lipinski definition) is 1. The third-order valence-electron chi connectivity index (χ3n) is 6.77. The number of benzene rings is 3. The molecule has 1 amide bonds. The topological polar surface area (TPSA) is 91.2 Å². The van der Waals surface area contributed by atoms with E-state index < -0.39 is 0 Å². The van der Waals surface area contributed by atoms with Crippen LogP contribution in [-0.4, -0.2) is 73.3 Å². The molecule has 2 saturated heterocycles. The Hall–Kier alpha value is -3.28. The number of piperazine rings is 1. The SMILES string of the molecule is O=C(NC(=S)N1CCN(c2ccc([N+](=O)[O-])c(N3CCOCC3)c2)CC1)c1cccc2c(Br)cccc12. The fourth-order valence-electron chi connectivity index (χ4n) is 4.80. The van der Waals surface area contributed by atoms with Crippen molar-refractivity contribution in [2.75, 3.05) is 62.3 Å². The van der Waals surface area contributed by atoms with Gasteiger partial charge in [0.1, 0.15) is 5.69 Å². The Morgan fingerprint density at radius 3 is 2.38 bits per heavy atom. The lowest BCUT2D eigenvalue weighted by molar-refractivity contribution is -0.384. The van der Waals surface area contributed by atoms with Crippen molar-refractivity contribution >= 4 is 67.0 Å². The molecule has 2 aliphatic rings. The van der Waals surface area contributed by atoms with Gasteiger partial charge in [-0.1, -0.05) is 40.2 Å². The first-order chi connectivity index (χ1) is 17.9. The number of nitro benzene ring substituents is 1. The third-order valence-corrected chi connectivity index (χ3v) is 7.83.